The highest BCUT2D eigenvalue weighted by Crippen LogP contribution is 2.38. The Labute approximate surface area is 244 Å². The van der Waals surface area contributed by atoms with Gasteiger partial charge in [0.15, 0.2) is 9.84 Å². The van der Waals surface area contributed by atoms with Crippen LogP contribution in [0, 0.1) is 27.7 Å². The summed E-state index contributed by atoms with van der Waals surface area (Å²) in [4.78, 5) is 0. The normalized spacial score (nSPS) is 13.4. The van der Waals surface area contributed by atoms with Gasteiger partial charge < -0.3 is 9.47 Å². The molecule has 0 spiro atoms. The molecule has 0 aliphatic rings. The second kappa shape index (κ2) is 13.0. The molecule has 0 aliphatic heterocycles. The number of hydrogen-bond acceptors (Lipinski definition) is 4. The number of aryl methyl sites for hydroxylation is 4. The van der Waals surface area contributed by atoms with Crippen LogP contribution in [0.4, 0.5) is 0 Å². The van der Waals surface area contributed by atoms with E-state index in [1.807, 2.05) is 113 Å². The van der Waals surface area contributed by atoms with Crippen LogP contribution in [0.15, 0.2) is 97.1 Å². The summed E-state index contributed by atoms with van der Waals surface area (Å²) < 4.78 is 40.2. The summed E-state index contributed by atoms with van der Waals surface area (Å²) >= 11 is 0. The van der Waals surface area contributed by atoms with Crippen LogP contribution in [0.1, 0.15) is 55.0 Å². The van der Waals surface area contributed by atoms with Crippen LogP contribution in [0.25, 0.3) is 12.2 Å². The van der Waals surface area contributed by atoms with E-state index >= 15 is 0 Å². The molecule has 2 unspecified atom stereocenters. The van der Waals surface area contributed by atoms with Crippen molar-refractivity contribution in [3.8, 4) is 11.5 Å². The van der Waals surface area contributed by atoms with Crippen LogP contribution < -0.4 is 9.47 Å². The Morgan fingerprint density at radius 1 is 0.537 bits per heavy atom. The van der Waals surface area contributed by atoms with E-state index in [1.54, 1.807) is 38.5 Å². The summed E-state index contributed by atoms with van der Waals surface area (Å²) in [5.41, 5.74) is 7.76. The Bertz CT molecular complexity index is 1490. The molecule has 0 radical (unpaired) electrons. The molecule has 2 atom stereocenters. The van der Waals surface area contributed by atoms with Crippen molar-refractivity contribution in [2.45, 2.75) is 38.2 Å². The number of sulfone groups is 1. The highest BCUT2D eigenvalue weighted by Gasteiger charge is 2.33. The van der Waals surface area contributed by atoms with E-state index in [0.717, 1.165) is 33.4 Å². The summed E-state index contributed by atoms with van der Waals surface area (Å²) in [5.74, 6) is 1.34. The van der Waals surface area contributed by atoms with Crippen molar-refractivity contribution in [1.82, 2.24) is 0 Å². The first-order chi connectivity index (χ1) is 19.6. The molecule has 0 saturated carbocycles. The molecule has 4 nitrogen and oxygen atoms in total. The predicted octanol–water partition coefficient (Wildman–Crippen LogP) is 8.56. The molecule has 0 aromatic heterocycles. The van der Waals surface area contributed by atoms with Gasteiger partial charge in [-0.15, -0.1) is 0 Å². The molecule has 0 fully saturated rings. The van der Waals surface area contributed by atoms with Crippen LogP contribution in [-0.2, 0) is 9.84 Å². The summed E-state index contributed by atoms with van der Waals surface area (Å²) in [7, 11) is -0.657. The van der Waals surface area contributed by atoms with Crippen molar-refractivity contribution in [3.63, 3.8) is 0 Å². The average Bonchev–Trinajstić information content (AvgIpc) is 2.96. The molecule has 0 heterocycles. The van der Waals surface area contributed by atoms with Gasteiger partial charge in [0.2, 0.25) is 0 Å². The van der Waals surface area contributed by atoms with E-state index in [2.05, 4.69) is 0 Å². The number of benzene rings is 4. The minimum Gasteiger partial charge on any atom is -0.497 e. The van der Waals surface area contributed by atoms with Crippen molar-refractivity contribution < 1.29 is 17.9 Å². The van der Waals surface area contributed by atoms with E-state index in [0.29, 0.717) is 22.6 Å². The van der Waals surface area contributed by atoms with E-state index in [9.17, 15) is 8.42 Å². The zero-order chi connectivity index (χ0) is 29.6. The van der Waals surface area contributed by atoms with Gasteiger partial charge >= 0.3 is 0 Å². The van der Waals surface area contributed by atoms with Gasteiger partial charge in [0.1, 0.15) is 22.0 Å². The Morgan fingerprint density at radius 2 is 0.854 bits per heavy atom. The first-order valence-electron chi connectivity index (χ1n) is 13.6. The third kappa shape index (κ3) is 6.80. The molecule has 0 saturated heterocycles. The Balaban J connectivity index is 1.89. The second-order valence-electron chi connectivity index (χ2n) is 10.3. The Kier molecular flexibility index (Phi) is 9.51. The zero-order valence-corrected chi connectivity index (χ0v) is 25.4. The molecule has 0 aliphatic carbocycles. The maximum absolute atomic E-state index is 14.8. The van der Waals surface area contributed by atoms with Gasteiger partial charge in [-0.05, 0) is 96.5 Å². The lowest BCUT2D eigenvalue weighted by Gasteiger charge is -2.22. The van der Waals surface area contributed by atoms with Crippen LogP contribution >= 0.6 is 0 Å². The van der Waals surface area contributed by atoms with Crippen LogP contribution in [0.5, 0.6) is 11.5 Å². The van der Waals surface area contributed by atoms with E-state index < -0.39 is 20.3 Å². The lowest BCUT2D eigenvalue weighted by molar-refractivity contribution is 0.414. The number of hydrogen-bond donors (Lipinski definition) is 0. The maximum atomic E-state index is 14.8. The fourth-order valence-corrected chi connectivity index (χ4v) is 7.10. The van der Waals surface area contributed by atoms with E-state index in [-0.39, 0.29) is 0 Å². The predicted molar refractivity (Wildman–Crippen MR) is 170 cm³/mol. The minimum atomic E-state index is -3.86. The van der Waals surface area contributed by atoms with Crippen molar-refractivity contribution >= 4 is 22.0 Å². The lowest BCUT2D eigenvalue weighted by Crippen LogP contribution is -2.19. The zero-order valence-electron chi connectivity index (χ0n) is 24.6. The standard InChI is InChI=1S/C36H38O4S/c1-25-9-7-10-26(2)33(25)21-23-35(29-13-17-31(39-5)18-14-29)41(37,38)36(30-15-19-32(40-6)20-16-30)24-22-34-27(3)11-8-12-28(34)4/h7-24,35-36H,1-6H3/b23-21+,24-22+. The van der Waals surface area contributed by atoms with Gasteiger partial charge in [0.25, 0.3) is 0 Å². The SMILES string of the molecule is COc1ccc(C(/C=C/c2c(C)cccc2C)S(=O)(=O)C(/C=C/c2c(C)cccc2C)c2ccc(OC)cc2)cc1. The third-order valence-electron chi connectivity index (χ3n) is 7.56. The van der Waals surface area contributed by atoms with Crippen LogP contribution in [0.3, 0.4) is 0 Å². The molecule has 41 heavy (non-hydrogen) atoms. The largest absolute Gasteiger partial charge is 0.497 e. The fourth-order valence-electron chi connectivity index (χ4n) is 5.11. The first-order valence-corrected chi connectivity index (χ1v) is 15.3. The smallest absolute Gasteiger partial charge is 0.171 e. The molecule has 0 N–H and O–H groups in total. The third-order valence-corrected chi connectivity index (χ3v) is 9.83. The van der Waals surface area contributed by atoms with Crippen molar-refractivity contribution in [2.75, 3.05) is 14.2 Å². The minimum absolute atomic E-state index is 0.672. The van der Waals surface area contributed by atoms with Crippen molar-refractivity contribution in [3.05, 3.63) is 142 Å². The number of rotatable bonds is 10. The molecule has 212 valence electrons. The van der Waals surface area contributed by atoms with Crippen molar-refractivity contribution in [1.29, 1.82) is 0 Å². The second-order valence-corrected chi connectivity index (χ2v) is 12.5. The van der Waals surface area contributed by atoms with Gasteiger partial charge in [-0.25, -0.2) is 8.42 Å². The lowest BCUT2D eigenvalue weighted by atomic mass is 10.0. The van der Waals surface area contributed by atoms with Gasteiger partial charge in [-0.3, -0.25) is 0 Å². The summed E-state index contributed by atoms with van der Waals surface area (Å²) in [6.45, 7) is 8.15. The number of methoxy groups -OCH3 is 2. The average molecular weight is 567 g/mol. The summed E-state index contributed by atoms with van der Waals surface area (Å²) in [5, 5.41) is -1.80. The van der Waals surface area contributed by atoms with Crippen LogP contribution in [0.2, 0.25) is 0 Å². The highest BCUT2D eigenvalue weighted by atomic mass is 32.2. The summed E-state index contributed by atoms with van der Waals surface area (Å²) in [6, 6.07) is 26.7. The monoisotopic (exact) mass is 566 g/mol. The Hall–Kier alpha value is -4.09. The van der Waals surface area contributed by atoms with Gasteiger partial charge in [0.05, 0.1) is 14.2 Å². The van der Waals surface area contributed by atoms with Gasteiger partial charge in [-0.2, -0.15) is 0 Å². The molecule has 4 aromatic rings. The highest BCUT2D eigenvalue weighted by molar-refractivity contribution is 7.92. The van der Waals surface area contributed by atoms with E-state index in [4.69, 9.17) is 9.47 Å². The molecule has 4 rings (SSSR count). The molecule has 0 amide bonds. The quantitative estimate of drug-likeness (QED) is 0.193. The fraction of sp³-hybridized carbons (Fsp3) is 0.222. The van der Waals surface area contributed by atoms with Crippen molar-refractivity contribution in [2.24, 2.45) is 0 Å². The molecular formula is C36H38O4S. The maximum Gasteiger partial charge on any atom is 0.171 e. The molecule has 5 heteroatoms. The molecule has 0 bridgehead atoms. The molecule has 4 aromatic carbocycles. The van der Waals surface area contributed by atoms with Gasteiger partial charge in [0, 0.05) is 0 Å². The topological polar surface area (TPSA) is 52.6 Å². The Morgan fingerprint density at radius 3 is 1.15 bits per heavy atom. The molecular weight excluding hydrogens is 528 g/mol. The van der Waals surface area contributed by atoms with Gasteiger partial charge in [-0.1, -0.05) is 85.0 Å². The van der Waals surface area contributed by atoms with Crippen LogP contribution in [-0.4, -0.2) is 22.6 Å². The first kappa shape index (κ1) is 29.9. The summed E-state index contributed by atoms with van der Waals surface area (Å²) in [6.07, 6.45) is 7.51. The van der Waals surface area contributed by atoms with E-state index in [1.165, 1.54) is 0 Å². The number of ether oxygens (including phenoxy) is 2.